The van der Waals surface area contributed by atoms with Gasteiger partial charge in [0.05, 0.1) is 10.0 Å². The van der Waals surface area contributed by atoms with Crippen molar-refractivity contribution in [3.8, 4) is 0 Å². The summed E-state index contributed by atoms with van der Waals surface area (Å²) in [7, 11) is 0. The summed E-state index contributed by atoms with van der Waals surface area (Å²) < 4.78 is 0. The summed E-state index contributed by atoms with van der Waals surface area (Å²) in [6.07, 6.45) is 3.87. The Hall–Kier alpha value is -2.55. The Kier molecular flexibility index (Phi) is 7.13. The van der Waals surface area contributed by atoms with Crippen LogP contribution in [-0.4, -0.2) is 5.91 Å². The van der Waals surface area contributed by atoms with Crippen LogP contribution in [0.3, 0.4) is 0 Å². The van der Waals surface area contributed by atoms with Gasteiger partial charge in [0.15, 0.2) is 0 Å². The molecule has 3 aromatic carbocycles. The van der Waals surface area contributed by atoms with Crippen molar-refractivity contribution in [2.24, 2.45) is 0 Å². The van der Waals surface area contributed by atoms with E-state index in [-0.39, 0.29) is 5.91 Å². The van der Waals surface area contributed by atoms with E-state index in [4.69, 9.17) is 23.2 Å². The molecule has 0 aliphatic heterocycles. The molecule has 0 heterocycles. The molecule has 0 fully saturated rings. The van der Waals surface area contributed by atoms with Gasteiger partial charge in [-0.1, -0.05) is 72.6 Å². The maximum atomic E-state index is 12.5. The van der Waals surface area contributed by atoms with Crippen LogP contribution in [0.5, 0.6) is 0 Å². The molecule has 3 aromatic rings. The molecule has 2 nitrogen and oxygen atoms in total. The first-order valence-corrected chi connectivity index (χ1v) is 10.3. The Morgan fingerprint density at radius 1 is 0.931 bits per heavy atom. The third-order valence-electron chi connectivity index (χ3n) is 4.86. The van der Waals surface area contributed by atoms with Crippen LogP contribution in [0.25, 0.3) is 5.57 Å². The summed E-state index contributed by atoms with van der Waals surface area (Å²) in [6.45, 7) is 4.09. The number of carbonyl (C=O) groups excluding carboxylic acids is 1. The summed E-state index contributed by atoms with van der Waals surface area (Å²) >= 11 is 12.2. The first-order valence-electron chi connectivity index (χ1n) is 9.58. The van der Waals surface area contributed by atoms with Crippen molar-refractivity contribution in [2.45, 2.75) is 26.7 Å². The van der Waals surface area contributed by atoms with Crippen molar-refractivity contribution >= 4 is 40.4 Å². The Bertz CT molecular complexity index is 1040. The fraction of sp³-hybridized carbons (Fsp3) is 0.160. The van der Waals surface area contributed by atoms with E-state index in [1.54, 1.807) is 0 Å². The predicted octanol–water partition coefficient (Wildman–Crippen LogP) is 7.59. The molecule has 0 aliphatic rings. The number of nitrogens with one attached hydrogen (secondary N) is 1. The summed E-state index contributed by atoms with van der Waals surface area (Å²) in [5.74, 6) is -0.105. The van der Waals surface area contributed by atoms with E-state index in [0.29, 0.717) is 15.6 Å². The molecular formula is C25H23Cl2NO. The molecule has 0 aliphatic carbocycles. The van der Waals surface area contributed by atoms with Gasteiger partial charge in [-0.25, -0.2) is 0 Å². The molecule has 29 heavy (non-hydrogen) atoms. The van der Waals surface area contributed by atoms with Gasteiger partial charge < -0.3 is 5.32 Å². The van der Waals surface area contributed by atoms with Crippen LogP contribution in [0.1, 0.15) is 40.4 Å². The van der Waals surface area contributed by atoms with Gasteiger partial charge in [-0.2, -0.15) is 0 Å². The zero-order valence-electron chi connectivity index (χ0n) is 16.5. The van der Waals surface area contributed by atoms with Crippen LogP contribution < -0.4 is 5.32 Å². The molecule has 0 atom stereocenters. The van der Waals surface area contributed by atoms with Crippen molar-refractivity contribution < 1.29 is 4.79 Å². The largest absolute Gasteiger partial charge is 0.322 e. The minimum absolute atomic E-state index is 0.105. The van der Waals surface area contributed by atoms with Gasteiger partial charge in [0, 0.05) is 11.3 Å². The van der Waals surface area contributed by atoms with E-state index in [0.717, 1.165) is 35.2 Å². The summed E-state index contributed by atoms with van der Waals surface area (Å²) in [6, 6.07) is 21.2. The topological polar surface area (TPSA) is 29.1 Å². The van der Waals surface area contributed by atoms with E-state index in [9.17, 15) is 4.79 Å². The molecule has 148 valence electrons. The maximum Gasteiger partial charge on any atom is 0.255 e. The lowest BCUT2D eigenvalue weighted by Crippen LogP contribution is -2.12. The maximum absolute atomic E-state index is 12.5. The van der Waals surface area contributed by atoms with Crippen molar-refractivity contribution in [2.75, 3.05) is 5.32 Å². The lowest BCUT2D eigenvalue weighted by molar-refractivity contribution is 0.102. The highest BCUT2D eigenvalue weighted by Gasteiger charge is 2.08. The SMILES string of the molecule is CCC(=CCc1ccc(C(=O)Nc2ccccc2C)cc1)c1ccc(Cl)c(Cl)c1. The average molecular weight is 424 g/mol. The zero-order valence-corrected chi connectivity index (χ0v) is 18.0. The van der Waals surface area contributed by atoms with Crippen LogP contribution in [0.4, 0.5) is 5.69 Å². The third-order valence-corrected chi connectivity index (χ3v) is 5.60. The molecule has 4 heteroatoms. The van der Waals surface area contributed by atoms with Crippen molar-refractivity contribution in [3.63, 3.8) is 0 Å². The standard InChI is InChI=1S/C25H23Cl2NO/c1-3-19(21-14-15-22(26)23(27)16-21)11-8-18-9-12-20(13-10-18)25(29)28-24-7-5-4-6-17(24)2/h4-7,9-16H,3,8H2,1-2H3,(H,28,29). The number of hydrogen-bond acceptors (Lipinski definition) is 1. The number of carbonyl (C=O) groups is 1. The quantitative estimate of drug-likeness (QED) is 0.434. The normalized spacial score (nSPS) is 11.4. The van der Waals surface area contributed by atoms with Gasteiger partial charge in [0.25, 0.3) is 5.91 Å². The van der Waals surface area contributed by atoms with Gasteiger partial charge in [0.2, 0.25) is 0 Å². The number of para-hydroxylation sites is 1. The zero-order chi connectivity index (χ0) is 20.8. The van der Waals surface area contributed by atoms with Crippen LogP contribution in [0.15, 0.2) is 72.8 Å². The van der Waals surface area contributed by atoms with Crippen molar-refractivity contribution in [1.29, 1.82) is 0 Å². The summed E-state index contributed by atoms with van der Waals surface area (Å²) in [4.78, 5) is 12.5. The Morgan fingerprint density at radius 2 is 1.62 bits per heavy atom. The van der Waals surface area contributed by atoms with Crippen LogP contribution in [0, 0.1) is 6.92 Å². The second-order valence-electron chi connectivity index (χ2n) is 6.88. The van der Waals surface area contributed by atoms with Gasteiger partial charge in [-0.15, -0.1) is 0 Å². The lowest BCUT2D eigenvalue weighted by atomic mass is 10.00. The molecule has 1 N–H and O–H groups in total. The number of halogens is 2. The number of amides is 1. The van der Waals surface area contributed by atoms with E-state index >= 15 is 0 Å². The first-order chi connectivity index (χ1) is 14.0. The second-order valence-corrected chi connectivity index (χ2v) is 7.70. The number of allylic oxidation sites excluding steroid dienone is 2. The molecule has 0 saturated carbocycles. The summed E-state index contributed by atoms with van der Waals surface area (Å²) in [5.41, 5.74) is 5.95. The first kappa shape index (κ1) is 21.2. The van der Waals surface area contributed by atoms with E-state index in [1.807, 2.05) is 73.7 Å². The van der Waals surface area contributed by atoms with E-state index in [2.05, 4.69) is 18.3 Å². The molecule has 0 unspecified atom stereocenters. The molecular weight excluding hydrogens is 401 g/mol. The van der Waals surface area contributed by atoms with Gasteiger partial charge in [-0.05, 0) is 72.4 Å². The number of anilines is 1. The smallest absolute Gasteiger partial charge is 0.255 e. The fourth-order valence-electron chi connectivity index (χ4n) is 3.10. The Balaban J connectivity index is 1.69. The van der Waals surface area contributed by atoms with Crippen LogP contribution in [-0.2, 0) is 6.42 Å². The minimum atomic E-state index is -0.105. The van der Waals surface area contributed by atoms with Crippen LogP contribution in [0.2, 0.25) is 10.0 Å². The van der Waals surface area contributed by atoms with Crippen LogP contribution >= 0.6 is 23.2 Å². The number of rotatable bonds is 6. The Morgan fingerprint density at radius 3 is 2.28 bits per heavy atom. The Labute approximate surface area is 182 Å². The number of hydrogen-bond donors (Lipinski definition) is 1. The minimum Gasteiger partial charge on any atom is -0.322 e. The van der Waals surface area contributed by atoms with Gasteiger partial charge >= 0.3 is 0 Å². The van der Waals surface area contributed by atoms with E-state index < -0.39 is 0 Å². The van der Waals surface area contributed by atoms with E-state index in [1.165, 1.54) is 5.57 Å². The molecule has 0 radical (unpaired) electrons. The molecule has 1 amide bonds. The second kappa shape index (κ2) is 9.78. The van der Waals surface area contributed by atoms with Gasteiger partial charge in [0.1, 0.15) is 0 Å². The van der Waals surface area contributed by atoms with Crippen molar-refractivity contribution in [1.82, 2.24) is 0 Å². The number of benzene rings is 3. The molecule has 0 bridgehead atoms. The predicted molar refractivity (Wildman–Crippen MR) is 124 cm³/mol. The van der Waals surface area contributed by atoms with Gasteiger partial charge in [-0.3, -0.25) is 4.79 Å². The van der Waals surface area contributed by atoms with Crippen molar-refractivity contribution in [3.05, 3.63) is 105 Å². The molecule has 3 rings (SSSR count). The lowest BCUT2D eigenvalue weighted by Gasteiger charge is -2.09. The summed E-state index contributed by atoms with van der Waals surface area (Å²) in [5, 5.41) is 4.09. The number of aryl methyl sites for hydroxylation is 1. The fourth-order valence-corrected chi connectivity index (χ4v) is 3.40. The third kappa shape index (κ3) is 5.50. The monoisotopic (exact) mass is 423 g/mol. The highest BCUT2D eigenvalue weighted by Crippen LogP contribution is 2.28. The molecule has 0 spiro atoms. The molecule has 0 aromatic heterocycles. The highest BCUT2D eigenvalue weighted by molar-refractivity contribution is 6.42. The average Bonchev–Trinajstić information content (AvgIpc) is 2.73. The highest BCUT2D eigenvalue weighted by atomic mass is 35.5. The molecule has 0 saturated heterocycles.